The van der Waals surface area contributed by atoms with E-state index in [4.69, 9.17) is 48.2 Å². The molecule has 14 nitrogen and oxygen atoms in total. The number of hydrogen-bond acceptors (Lipinski definition) is 10. The number of carbonyl (C=O) groups is 2. The summed E-state index contributed by atoms with van der Waals surface area (Å²) in [6.45, 7) is 2.64. The van der Waals surface area contributed by atoms with Gasteiger partial charge in [-0.1, -0.05) is 29.3 Å². The summed E-state index contributed by atoms with van der Waals surface area (Å²) in [5, 5.41) is 26.2. The van der Waals surface area contributed by atoms with E-state index in [9.17, 15) is 27.6 Å². The van der Waals surface area contributed by atoms with E-state index in [1.807, 2.05) is 6.07 Å². The summed E-state index contributed by atoms with van der Waals surface area (Å²) in [7, 11) is -3.87. The van der Waals surface area contributed by atoms with Crippen LogP contribution < -0.4 is 26.4 Å². The Hall–Kier alpha value is -5.08. The minimum absolute atomic E-state index is 0.0795. The molecule has 1 amide bonds. The Labute approximate surface area is 295 Å². The highest BCUT2D eigenvalue weighted by Gasteiger charge is 2.21. The van der Waals surface area contributed by atoms with Crippen molar-refractivity contribution >= 4 is 50.6 Å². The van der Waals surface area contributed by atoms with Crippen LogP contribution in [0.25, 0.3) is 0 Å². The number of aryl methyl sites for hydroxylation is 2. The standard InChI is InChI=1S/C23H17Cl2N3O5S.C10H12N2O4/c1-13-6-18(34(27,31)32)3-4-20(13)28-22(29)12-33-21-5-2-16(24)10-19(21)23(30)15-7-14(11-26)8-17(25)9-15;1-6-4-12(10(15)11-9(6)14)8-3-2-7(5-13)16-8/h2-10H,12H2,1H3,(H,28,29)(H2,27,31,32);2-4,7-8,13H,5H2,1H3,(H,11,14,15)/t;7-,8+/m.0/s1. The van der Waals surface area contributed by atoms with E-state index < -0.39 is 51.9 Å². The molecule has 0 bridgehead atoms. The summed E-state index contributed by atoms with van der Waals surface area (Å²) in [6, 6.07) is 14.5. The van der Waals surface area contributed by atoms with Gasteiger partial charge in [-0.05, 0) is 80.1 Å². The first-order valence-corrected chi connectivity index (χ1v) is 16.8. The van der Waals surface area contributed by atoms with Gasteiger partial charge >= 0.3 is 5.69 Å². The largest absolute Gasteiger partial charge is 0.483 e. The van der Waals surface area contributed by atoms with Crippen molar-refractivity contribution in [1.82, 2.24) is 9.55 Å². The maximum atomic E-state index is 13.1. The number of ketones is 1. The van der Waals surface area contributed by atoms with E-state index in [1.54, 1.807) is 26.0 Å². The van der Waals surface area contributed by atoms with E-state index in [1.165, 1.54) is 65.4 Å². The van der Waals surface area contributed by atoms with Gasteiger partial charge in [0, 0.05) is 33.1 Å². The number of sulfonamides is 1. The van der Waals surface area contributed by atoms with Crippen LogP contribution >= 0.6 is 23.2 Å². The highest BCUT2D eigenvalue weighted by atomic mass is 35.5. The number of aromatic amines is 1. The van der Waals surface area contributed by atoms with Crippen molar-refractivity contribution in [3.63, 3.8) is 0 Å². The van der Waals surface area contributed by atoms with Crippen molar-refractivity contribution in [3.8, 4) is 11.8 Å². The van der Waals surface area contributed by atoms with Crippen molar-refractivity contribution in [2.75, 3.05) is 18.5 Å². The lowest BCUT2D eigenvalue weighted by atomic mass is 10.0. The lowest BCUT2D eigenvalue weighted by molar-refractivity contribution is -0.118. The van der Waals surface area contributed by atoms with Gasteiger partial charge in [-0.2, -0.15) is 5.26 Å². The van der Waals surface area contributed by atoms with Crippen LogP contribution in [0.1, 0.15) is 38.8 Å². The molecule has 0 spiro atoms. The van der Waals surface area contributed by atoms with Crippen LogP contribution in [0.5, 0.6) is 5.75 Å². The molecule has 1 aromatic heterocycles. The molecule has 4 aromatic rings. The molecule has 5 N–H and O–H groups in total. The monoisotopic (exact) mass is 741 g/mol. The second kappa shape index (κ2) is 16.1. The van der Waals surface area contributed by atoms with E-state index in [0.717, 1.165) is 0 Å². The maximum absolute atomic E-state index is 13.1. The number of aliphatic hydroxyl groups is 1. The van der Waals surface area contributed by atoms with Gasteiger partial charge in [0.05, 0.1) is 28.7 Å². The molecule has 2 atom stereocenters. The molecule has 5 rings (SSSR count). The fraction of sp³-hybridized carbons (Fsp3) is 0.182. The average molecular weight is 743 g/mol. The van der Waals surface area contributed by atoms with Crippen molar-refractivity contribution in [2.24, 2.45) is 5.14 Å². The van der Waals surface area contributed by atoms with Gasteiger partial charge in [-0.15, -0.1) is 0 Å². The summed E-state index contributed by atoms with van der Waals surface area (Å²) >= 11 is 12.1. The fourth-order valence-corrected chi connectivity index (χ4v) is 5.56. The minimum atomic E-state index is -3.87. The third-order valence-corrected chi connectivity index (χ3v) is 8.40. The molecule has 0 saturated carbocycles. The SMILES string of the molecule is Cc1cc(S(N)(=O)=O)ccc1NC(=O)COc1ccc(Cl)cc1C(=O)c1cc(Cl)cc(C#N)c1.Cc1cn([C@H]2C=C[C@@H](CO)O2)c(=O)[nH]c1=O. The molecule has 0 aliphatic carbocycles. The number of ether oxygens (including phenoxy) is 2. The molecular weight excluding hydrogens is 713 g/mol. The zero-order chi connectivity index (χ0) is 36.7. The first kappa shape index (κ1) is 37.7. The van der Waals surface area contributed by atoms with Crippen molar-refractivity contribution < 1.29 is 32.6 Å². The zero-order valence-corrected chi connectivity index (χ0v) is 28.7. The summed E-state index contributed by atoms with van der Waals surface area (Å²) < 4.78 is 35.1. The lowest BCUT2D eigenvalue weighted by Crippen LogP contribution is -2.33. The Balaban J connectivity index is 0.000000291. The van der Waals surface area contributed by atoms with Gasteiger partial charge < -0.3 is 19.9 Å². The highest BCUT2D eigenvalue weighted by Crippen LogP contribution is 2.27. The number of aromatic nitrogens is 2. The highest BCUT2D eigenvalue weighted by molar-refractivity contribution is 7.89. The summed E-state index contributed by atoms with van der Waals surface area (Å²) in [5.41, 5.74) is 0.817. The number of aliphatic hydroxyl groups excluding tert-OH is 1. The quantitative estimate of drug-likeness (QED) is 0.145. The van der Waals surface area contributed by atoms with Gasteiger partial charge in [0.2, 0.25) is 10.0 Å². The van der Waals surface area contributed by atoms with Crippen molar-refractivity contribution in [2.45, 2.75) is 31.1 Å². The molecule has 0 saturated heterocycles. The number of nitrogens with two attached hydrogens (primary N) is 1. The number of primary sulfonamides is 1. The molecule has 50 heavy (non-hydrogen) atoms. The predicted octanol–water partition coefficient (Wildman–Crippen LogP) is 3.36. The van der Waals surface area contributed by atoms with Crippen LogP contribution in [0.15, 0.2) is 87.4 Å². The Bertz CT molecular complexity index is 2260. The topological polar surface area (TPSA) is 224 Å². The van der Waals surface area contributed by atoms with E-state index in [2.05, 4.69) is 10.3 Å². The second-order valence-corrected chi connectivity index (χ2v) is 13.2. The molecule has 1 aliphatic rings. The van der Waals surface area contributed by atoms with Crippen molar-refractivity contribution in [1.29, 1.82) is 5.26 Å². The second-order valence-electron chi connectivity index (χ2n) is 10.8. The Morgan fingerprint density at radius 3 is 2.44 bits per heavy atom. The number of halogens is 2. The first-order valence-electron chi connectivity index (χ1n) is 14.5. The molecule has 260 valence electrons. The third kappa shape index (κ3) is 9.54. The minimum Gasteiger partial charge on any atom is -0.483 e. The van der Waals surface area contributed by atoms with Crippen LogP contribution in [0.4, 0.5) is 5.69 Å². The third-order valence-electron chi connectivity index (χ3n) is 7.04. The van der Waals surface area contributed by atoms with Crippen LogP contribution in [0, 0.1) is 25.2 Å². The molecule has 0 radical (unpaired) electrons. The van der Waals surface area contributed by atoms with Gasteiger partial charge in [0.1, 0.15) is 11.9 Å². The maximum Gasteiger partial charge on any atom is 0.330 e. The smallest absolute Gasteiger partial charge is 0.330 e. The molecule has 0 unspecified atom stereocenters. The number of anilines is 1. The van der Waals surface area contributed by atoms with Gasteiger partial charge in [0.15, 0.2) is 18.6 Å². The van der Waals surface area contributed by atoms with Crippen LogP contribution in [-0.4, -0.2) is 54.1 Å². The molecule has 3 aromatic carbocycles. The predicted molar refractivity (Wildman–Crippen MR) is 184 cm³/mol. The Kier molecular flexibility index (Phi) is 12.1. The number of amides is 1. The molecule has 17 heteroatoms. The number of nitriles is 1. The lowest BCUT2D eigenvalue weighted by Gasteiger charge is -2.14. The Morgan fingerprint density at radius 1 is 1.06 bits per heavy atom. The van der Waals surface area contributed by atoms with Crippen LogP contribution in [-0.2, 0) is 19.6 Å². The zero-order valence-electron chi connectivity index (χ0n) is 26.3. The number of carbonyl (C=O) groups excluding carboxylic acids is 2. The Morgan fingerprint density at radius 2 is 1.80 bits per heavy atom. The normalized spacial score (nSPS) is 15.1. The first-order chi connectivity index (χ1) is 23.6. The number of hydrogen-bond donors (Lipinski definition) is 4. The van der Waals surface area contributed by atoms with E-state index >= 15 is 0 Å². The molecule has 2 heterocycles. The summed E-state index contributed by atoms with van der Waals surface area (Å²) in [5.74, 6) is -0.940. The fourth-order valence-electron chi connectivity index (χ4n) is 4.56. The summed E-state index contributed by atoms with van der Waals surface area (Å²) in [4.78, 5) is 50.3. The number of benzene rings is 3. The molecule has 1 aliphatic heterocycles. The van der Waals surface area contributed by atoms with E-state index in [-0.39, 0.29) is 44.0 Å². The molecular formula is C33H29Cl2N5O9S. The number of H-pyrrole nitrogens is 1. The number of nitrogens with zero attached hydrogens (tertiary/aromatic N) is 2. The number of nitrogens with one attached hydrogen (secondary N) is 2. The number of rotatable bonds is 9. The summed E-state index contributed by atoms with van der Waals surface area (Å²) in [6.07, 6.45) is 3.82. The van der Waals surface area contributed by atoms with Gasteiger partial charge in [-0.25, -0.2) is 18.4 Å². The van der Waals surface area contributed by atoms with Crippen LogP contribution in [0.2, 0.25) is 10.0 Å². The van der Waals surface area contributed by atoms with E-state index in [0.29, 0.717) is 16.8 Å². The van der Waals surface area contributed by atoms with Gasteiger partial charge in [-0.3, -0.25) is 23.9 Å². The average Bonchev–Trinajstić information content (AvgIpc) is 3.55. The van der Waals surface area contributed by atoms with Gasteiger partial charge in [0.25, 0.3) is 11.5 Å². The molecule has 0 fully saturated rings. The van der Waals surface area contributed by atoms with Crippen LogP contribution in [0.3, 0.4) is 0 Å². The van der Waals surface area contributed by atoms with Crippen molar-refractivity contribution in [3.05, 3.63) is 132 Å².